The largest absolute Gasteiger partial charge is 0.378 e. The summed E-state index contributed by atoms with van der Waals surface area (Å²) >= 11 is 2.94. The van der Waals surface area contributed by atoms with Crippen molar-refractivity contribution >= 4 is 38.4 Å². The van der Waals surface area contributed by atoms with Crippen molar-refractivity contribution in [3.63, 3.8) is 0 Å². The molecule has 0 aliphatic rings. The lowest BCUT2D eigenvalue weighted by Gasteiger charge is -2.27. The molecule has 1 atom stereocenters. The summed E-state index contributed by atoms with van der Waals surface area (Å²) in [7, 11) is -3.22. The zero-order chi connectivity index (χ0) is 20.2. The van der Waals surface area contributed by atoms with Crippen LogP contribution in [-0.2, 0) is 26.7 Å². The molecule has 8 heteroatoms. The fraction of sp³-hybridized carbons (Fsp3) is 0.250. The molecule has 0 radical (unpaired) electrons. The molecule has 0 spiro atoms. The molecule has 1 aromatic carbocycles. The summed E-state index contributed by atoms with van der Waals surface area (Å²) in [6.07, 6.45) is 1.91. The Morgan fingerprint density at radius 2 is 1.89 bits per heavy atom. The molecule has 0 unspecified atom stereocenters. The van der Waals surface area contributed by atoms with E-state index in [2.05, 4.69) is 5.32 Å². The van der Waals surface area contributed by atoms with Crippen molar-refractivity contribution in [2.24, 2.45) is 0 Å². The first-order valence-corrected chi connectivity index (χ1v) is 12.4. The van der Waals surface area contributed by atoms with Crippen LogP contribution in [0.4, 0.5) is 0 Å². The summed E-state index contributed by atoms with van der Waals surface area (Å²) in [6, 6.07) is 12.1. The van der Waals surface area contributed by atoms with E-state index in [-0.39, 0.29) is 23.8 Å². The first kappa shape index (κ1) is 20.7. The minimum absolute atomic E-state index is 0.0933. The van der Waals surface area contributed by atoms with E-state index in [1.54, 1.807) is 24.3 Å². The molecule has 0 saturated carbocycles. The number of thiophene rings is 2. The summed E-state index contributed by atoms with van der Waals surface area (Å²) in [5.41, 5.74) is 0.395. The van der Waals surface area contributed by atoms with Crippen LogP contribution in [0.5, 0.6) is 0 Å². The van der Waals surface area contributed by atoms with Crippen LogP contribution >= 0.6 is 22.7 Å². The van der Waals surface area contributed by atoms with E-state index < -0.39 is 15.4 Å². The number of rotatable bonds is 8. The molecule has 2 heterocycles. The number of nitrogens with one attached hydrogen (secondary N) is 1. The van der Waals surface area contributed by atoms with E-state index in [9.17, 15) is 18.3 Å². The number of benzene rings is 1. The summed E-state index contributed by atoms with van der Waals surface area (Å²) in [5, 5.41) is 19.7. The minimum atomic E-state index is -3.22. The molecule has 5 nitrogen and oxygen atoms in total. The Kier molecular flexibility index (Phi) is 6.34. The quantitative estimate of drug-likeness (QED) is 0.569. The van der Waals surface area contributed by atoms with Gasteiger partial charge in [-0.3, -0.25) is 4.79 Å². The van der Waals surface area contributed by atoms with Gasteiger partial charge in [0, 0.05) is 23.1 Å². The van der Waals surface area contributed by atoms with Gasteiger partial charge < -0.3 is 10.4 Å². The lowest BCUT2D eigenvalue weighted by Crippen LogP contribution is -2.41. The van der Waals surface area contributed by atoms with Crippen molar-refractivity contribution in [2.75, 3.05) is 12.8 Å². The predicted molar refractivity (Wildman–Crippen MR) is 113 cm³/mol. The molecule has 0 saturated heterocycles. The summed E-state index contributed by atoms with van der Waals surface area (Å²) < 4.78 is 23.0. The van der Waals surface area contributed by atoms with Crippen LogP contribution in [0.25, 0.3) is 0 Å². The highest BCUT2D eigenvalue weighted by Crippen LogP contribution is 2.33. The second-order valence-electron chi connectivity index (χ2n) is 6.54. The van der Waals surface area contributed by atoms with Gasteiger partial charge in [0.1, 0.15) is 5.60 Å². The molecule has 0 aliphatic heterocycles. The van der Waals surface area contributed by atoms with E-state index in [1.807, 2.05) is 34.3 Å². The van der Waals surface area contributed by atoms with Crippen LogP contribution in [0.3, 0.4) is 0 Å². The Balaban J connectivity index is 1.60. The normalized spacial score (nSPS) is 13.8. The highest BCUT2D eigenvalue weighted by Gasteiger charge is 2.33. The molecule has 3 aromatic rings. The first-order chi connectivity index (χ1) is 13.3. The van der Waals surface area contributed by atoms with Gasteiger partial charge in [0.25, 0.3) is 0 Å². The number of carbonyl (C=O) groups excluding carboxylic acids is 1. The summed E-state index contributed by atoms with van der Waals surface area (Å²) in [4.78, 5) is 13.4. The van der Waals surface area contributed by atoms with Crippen molar-refractivity contribution in [3.8, 4) is 0 Å². The van der Waals surface area contributed by atoms with Gasteiger partial charge in [-0.05, 0) is 52.4 Å². The molecular weight excluding hydrogens is 414 g/mol. The molecule has 3 rings (SSSR count). The minimum Gasteiger partial charge on any atom is -0.378 e. The van der Waals surface area contributed by atoms with Gasteiger partial charge in [0.2, 0.25) is 5.91 Å². The number of aryl methyl sites for hydroxylation is 1. The van der Waals surface area contributed by atoms with Crippen molar-refractivity contribution in [2.45, 2.75) is 23.3 Å². The van der Waals surface area contributed by atoms with Gasteiger partial charge in [0.15, 0.2) is 9.84 Å². The smallest absolute Gasteiger partial charge is 0.220 e. The van der Waals surface area contributed by atoms with Crippen molar-refractivity contribution < 1.29 is 18.3 Å². The van der Waals surface area contributed by atoms with E-state index in [1.165, 1.54) is 22.7 Å². The number of carbonyl (C=O) groups is 1. The predicted octanol–water partition coefficient (Wildman–Crippen LogP) is 3.20. The number of aliphatic hydroxyl groups is 1. The number of hydrogen-bond acceptors (Lipinski definition) is 6. The van der Waals surface area contributed by atoms with Gasteiger partial charge in [-0.1, -0.05) is 18.2 Å². The Morgan fingerprint density at radius 1 is 1.14 bits per heavy atom. The second kappa shape index (κ2) is 8.57. The van der Waals surface area contributed by atoms with Crippen molar-refractivity contribution in [1.29, 1.82) is 0 Å². The lowest BCUT2D eigenvalue weighted by atomic mass is 9.94. The van der Waals surface area contributed by atoms with Gasteiger partial charge >= 0.3 is 0 Å². The zero-order valence-electron chi connectivity index (χ0n) is 15.3. The topological polar surface area (TPSA) is 83.5 Å². The maximum Gasteiger partial charge on any atom is 0.220 e. The SMILES string of the molecule is CS(=O)(=O)c1ccc(CCC(=O)NC[C@](O)(c2ccsc2)c2cccs2)cc1. The Bertz CT molecular complexity index is 974. The Morgan fingerprint density at radius 3 is 2.46 bits per heavy atom. The van der Waals surface area contributed by atoms with E-state index in [0.717, 1.165) is 22.3 Å². The Labute approximate surface area is 172 Å². The molecule has 0 bridgehead atoms. The zero-order valence-corrected chi connectivity index (χ0v) is 17.7. The maximum absolute atomic E-state index is 12.3. The number of hydrogen-bond donors (Lipinski definition) is 2. The molecule has 28 heavy (non-hydrogen) atoms. The van der Waals surface area contributed by atoms with Crippen LogP contribution in [0, 0.1) is 0 Å². The summed E-state index contributed by atoms with van der Waals surface area (Å²) in [5.74, 6) is -0.169. The van der Waals surface area contributed by atoms with Gasteiger partial charge in [0.05, 0.1) is 11.4 Å². The standard InChI is InChI=1S/C20H21NO4S3/c1-28(24,25)17-7-4-15(5-8-17)6-9-19(22)21-14-20(23,16-10-12-26-13-16)18-3-2-11-27-18/h2-5,7-8,10-13,23H,6,9,14H2,1H3,(H,21,22)/t20-/m0/s1. The van der Waals surface area contributed by atoms with Gasteiger partial charge in [-0.25, -0.2) is 8.42 Å². The highest BCUT2D eigenvalue weighted by atomic mass is 32.2. The average molecular weight is 436 g/mol. The van der Waals surface area contributed by atoms with Crippen LogP contribution in [0.2, 0.25) is 0 Å². The van der Waals surface area contributed by atoms with Crippen molar-refractivity contribution in [1.82, 2.24) is 5.32 Å². The Hall–Kier alpha value is -2.00. The van der Waals surface area contributed by atoms with E-state index >= 15 is 0 Å². The van der Waals surface area contributed by atoms with Crippen LogP contribution < -0.4 is 5.32 Å². The number of sulfone groups is 1. The van der Waals surface area contributed by atoms with Gasteiger partial charge in [-0.15, -0.1) is 11.3 Å². The third-order valence-corrected chi connectivity index (χ3v) is 7.29. The van der Waals surface area contributed by atoms with Crippen LogP contribution in [0.15, 0.2) is 63.5 Å². The maximum atomic E-state index is 12.3. The van der Waals surface area contributed by atoms with E-state index in [0.29, 0.717) is 6.42 Å². The fourth-order valence-electron chi connectivity index (χ4n) is 2.82. The molecular formula is C20H21NO4S3. The molecule has 0 fully saturated rings. The van der Waals surface area contributed by atoms with E-state index in [4.69, 9.17) is 0 Å². The second-order valence-corrected chi connectivity index (χ2v) is 10.3. The summed E-state index contributed by atoms with van der Waals surface area (Å²) in [6.45, 7) is 0.0933. The molecule has 2 aromatic heterocycles. The lowest BCUT2D eigenvalue weighted by molar-refractivity contribution is -0.122. The molecule has 2 N–H and O–H groups in total. The highest BCUT2D eigenvalue weighted by molar-refractivity contribution is 7.90. The molecule has 0 aliphatic carbocycles. The van der Waals surface area contributed by atoms with Crippen molar-refractivity contribution in [3.05, 3.63) is 74.6 Å². The number of amides is 1. The van der Waals surface area contributed by atoms with Gasteiger partial charge in [-0.2, -0.15) is 11.3 Å². The fourth-order valence-corrected chi connectivity index (χ4v) is 5.02. The monoisotopic (exact) mass is 435 g/mol. The third kappa shape index (κ3) is 4.88. The average Bonchev–Trinajstić information content (AvgIpc) is 3.38. The van der Waals surface area contributed by atoms with Crippen LogP contribution in [0.1, 0.15) is 22.4 Å². The third-order valence-electron chi connectivity index (χ3n) is 4.46. The van der Waals surface area contributed by atoms with Crippen LogP contribution in [-0.4, -0.2) is 32.2 Å². The molecule has 148 valence electrons. The molecule has 1 amide bonds. The first-order valence-electron chi connectivity index (χ1n) is 8.64.